The van der Waals surface area contributed by atoms with Crippen molar-refractivity contribution in [3.8, 4) is 0 Å². The van der Waals surface area contributed by atoms with Gasteiger partial charge in [0.2, 0.25) is 0 Å². The van der Waals surface area contributed by atoms with Crippen LogP contribution in [-0.4, -0.2) is 0 Å². The Hall–Kier alpha value is -0.520. The maximum atomic E-state index is 3.83. The zero-order valence-electron chi connectivity index (χ0n) is 8.77. The topological polar surface area (TPSA) is 0 Å². The molecule has 1 unspecified atom stereocenters. The lowest BCUT2D eigenvalue weighted by molar-refractivity contribution is 0.748. The van der Waals surface area contributed by atoms with Gasteiger partial charge in [-0.05, 0) is 18.8 Å². The van der Waals surface area contributed by atoms with Crippen molar-refractivity contribution in [2.75, 3.05) is 0 Å². The number of hydrogen-bond acceptors (Lipinski definition) is 0. The minimum Gasteiger partial charge on any atom is -0.102 e. The summed E-state index contributed by atoms with van der Waals surface area (Å²) < 4.78 is 0. The van der Waals surface area contributed by atoms with E-state index in [2.05, 4.69) is 33.4 Å². The average molecular weight is 166 g/mol. The van der Waals surface area contributed by atoms with E-state index in [-0.39, 0.29) is 0 Å². The molecule has 0 aliphatic rings. The lowest BCUT2D eigenvalue weighted by atomic mass is 9.96. The van der Waals surface area contributed by atoms with Crippen LogP contribution >= 0.6 is 0 Å². The number of unbranched alkanes of at least 4 members (excludes halogenated alkanes) is 1. The molecule has 0 nitrogen and oxygen atoms in total. The Labute approximate surface area is 77.4 Å². The molecule has 0 fully saturated rings. The predicted molar refractivity (Wildman–Crippen MR) is 57.3 cm³/mol. The SMILES string of the molecule is C=CC(C)/C(=C/CCC)CCC. The van der Waals surface area contributed by atoms with Gasteiger partial charge in [0.1, 0.15) is 0 Å². The number of allylic oxidation sites excluding steroid dienone is 3. The third kappa shape index (κ3) is 4.38. The summed E-state index contributed by atoms with van der Waals surface area (Å²) in [6, 6.07) is 0. The molecule has 0 rings (SSSR count). The second-order valence-corrected chi connectivity index (χ2v) is 3.34. The molecule has 0 aromatic heterocycles. The normalized spacial score (nSPS) is 14.4. The molecule has 0 amide bonds. The van der Waals surface area contributed by atoms with Gasteiger partial charge in [0.25, 0.3) is 0 Å². The van der Waals surface area contributed by atoms with Gasteiger partial charge in [-0.1, -0.05) is 51.3 Å². The molecule has 70 valence electrons. The molecule has 12 heavy (non-hydrogen) atoms. The van der Waals surface area contributed by atoms with Gasteiger partial charge in [0, 0.05) is 0 Å². The van der Waals surface area contributed by atoms with Crippen LogP contribution < -0.4 is 0 Å². The van der Waals surface area contributed by atoms with Crippen LogP contribution in [0.1, 0.15) is 46.5 Å². The Kier molecular flexibility index (Phi) is 6.84. The van der Waals surface area contributed by atoms with Gasteiger partial charge in [-0.25, -0.2) is 0 Å². The molecule has 0 saturated carbocycles. The molecule has 0 N–H and O–H groups in total. The molecule has 0 saturated heterocycles. The van der Waals surface area contributed by atoms with Gasteiger partial charge in [0.15, 0.2) is 0 Å². The van der Waals surface area contributed by atoms with E-state index in [9.17, 15) is 0 Å². The largest absolute Gasteiger partial charge is 0.102 e. The first-order chi connectivity index (χ1) is 5.76. The second-order valence-electron chi connectivity index (χ2n) is 3.34. The van der Waals surface area contributed by atoms with Gasteiger partial charge >= 0.3 is 0 Å². The highest BCUT2D eigenvalue weighted by molar-refractivity contribution is 5.10. The fourth-order valence-corrected chi connectivity index (χ4v) is 1.29. The van der Waals surface area contributed by atoms with E-state index in [1.807, 2.05) is 6.08 Å². The second kappa shape index (κ2) is 7.15. The monoisotopic (exact) mass is 166 g/mol. The maximum absolute atomic E-state index is 3.83. The van der Waals surface area contributed by atoms with Crippen LogP contribution in [0.5, 0.6) is 0 Å². The smallest absolute Gasteiger partial charge is 0.00543 e. The Bertz CT molecular complexity index is 142. The predicted octanol–water partition coefficient (Wildman–Crippen LogP) is 4.34. The highest BCUT2D eigenvalue weighted by Crippen LogP contribution is 2.18. The van der Waals surface area contributed by atoms with Crippen molar-refractivity contribution in [2.24, 2.45) is 5.92 Å². The van der Waals surface area contributed by atoms with Crippen LogP contribution in [0.2, 0.25) is 0 Å². The first-order valence-corrected chi connectivity index (χ1v) is 5.07. The summed E-state index contributed by atoms with van der Waals surface area (Å²) >= 11 is 0. The molecular weight excluding hydrogens is 144 g/mol. The molecule has 1 atom stereocenters. The van der Waals surface area contributed by atoms with Crippen LogP contribution in [0.3, 0.4) is 0 Å². The van der Waals surface area contributed by atoms with Crippen molar-refractivity contribution in [3.63, 3.8) is 0 Å². The molecule has 0 heteroatoms. The third-order valence-corrected chi connectivity index (χ3v) is 2.17. The molecule has 0 aromatic carbocycles. The lowest BCUT2D eigenvalue weighted by Crippen LogP contribution is -1.95. The quantitative estimate of drug-likeness (QED) is 0.515. The molecule has 0 heterocycles. The fraction of sp³-hybridized carbons (Fsp3) is 0.667. The van der Waals surface area contributed by atoms with E-state index < -0.39 is 0 Å². The fourth-order valence-electron chi connectivity index (χ4n) is 1.29. The van der Waals surface area contributed by atoms with Crippen molar-refractivity contribution in [1.82, 2.24) is 0 Å². The highest BCUT2D eigenvalue weighted by Gasteiger charge is 2.02. The minimum absolute atomic E-state index is 0.566. The van der Waals surface area contributed by atoms with Gasteiger partial charge in [0.05, 0.1) is 0 Å². The molecule has 0 bridgehead atoms. The van der Waals surface area contributed by atoms with E-state index in [1.54, 1.807) is 5.57 Å². The van der Waals surface area contributed by atoms with Crippen LogP contribution in [0.4, 0.5) is 0 Å². The maximum Gasteiger partial charge on any atom is -0.00543 e. The Morgan fingerprint density at radius 2 is 2.00 bits per heavy atom. The summed E-state index contributed by atoms with van der Waals surface area (Å²) in [5.41, 5.74) is 1.56. The molecular formula is C12H22. The van der Waals surface area contributed by atoms with Crippen LogP contribution in [-0.2, 0) is 0 Å². The Balaban J connectivity index is 4.09. The van der Waals surface area contributed by atoms with Gasteiger partial charge < -0.3 is 0 Å². The molecule has 0 aliphatic carbocycles. The molecule has 0 radical (unpaired) electrons. The zero-order chi connectivity index (χ0) is 9.40. The Morgan fingerprint density at radius 3 is 2.42 bits per heavy atom. The van der Waals surface area contributed by atoms with E-state index in [4.69, 9.17) is 0 Å². The standard InChI is InChI=1S/C12H22/c1-5-8-10-12(9-6-2)11(4)7-3/h7,10-11H,3,5-6,8-9H2,1-2,4H3/b12-10+. The third-order valence-electron chi connectivity index (χ3n) is 2.17. The summed E-state index contributed by atoms with van der Waals surface area (Å²) in [6.45, 7) is 10.5. The van der Waals surface area contributed by atoms with Gasteiger partial charge in [-0.15, -0.1) is 6.58 Å². The minimum atomic E-state index is 0.566. The van der Waals surface area contributed by atoms with Crippen LogP contribution in [0, 0.1) is 5.92 Å². The van der Waals surface area contributed by atoms with Crippen LogP contribution in [0.25, 0.3) is 0 Å². The molecule has 0 spiro atoms. The van der Waals surface area contributed by atoms with Crippen molar-refractivity contribution < 1.29 is 0 Å². The molecule has 0 aliphatic heterocycles. The Morgan fingerprint density at radius 1 is 1.33 bits per heavy atom. The van der Waals surface area contributed by atoms with Crippen molar-refractivity contribution in [3.05, 3.63) is 24.3 Å². The highest BCUT2D eigenvalue weighted by atomic mass is 14.1. The summed E-state index contributed by atoms with van der Waals surface area (Å²) in [6.07, 6.45) is 9.36. The van der Waals surface area contributed by atoms with E-state index in [0.717, 1.165) is 0 Å². The summed E-state index contributed by atoms with van der Waals surface area (Å²) in [5, 5.41) is 0. The van der Waals surface area contributed by atoms with Gasteiger partial charge in [-0.2, -0.15) is 0 Å². The summed E-state index contributed by atoms with van der Waals surface area (Å²) in [7, 11) is 0. The van der Waals surface area contributed by atoms with Crippen molar-refractivity contribution in [2.45, 2.75) is 46.5 Å². The van der Waals surface area contributed by atoms with E-state index in [0.29, 0.717) is 5.92 Å². The number of rotatable bonds is 6. The zero-order valence-corrected chi connectivity index (χ0v) is 8.77. The molecule has 0 aromatic rings. The van der Waals surface area contributed by atoms with Crippen molar-refractivity contribution in [1.29, 1.82) is 0 Å². The summed E-state index contributed by atoms with van der Waals surface area (Å²) in [5.74, 6) is 0.566. The van der Waals surface area contributed by atoms with Crippen LogP contribution in [0.15, 0.2) is 24.3 Å². The van der Waals surface area contributed by atoms with Crippen molar-refractivity contribution >= 4 is 0 Å². The van der Waals surface area contributed by atoms with E-state index in [1.165, 1.54) is 25.7 Å². The average Bonchev–Trinajstić information content (AvgIpc) is 2.11. The first kappa shape index (κ1) is 11.5. The summed E-state index contributed by atoms with van der Waals surface area (Å²) in [4.78, 5) is 0. The van der Waals surface area contributed by atoms with E-state index >= 15 is 0 Å². The lowest BCUT2D eigenvalue weighted by Gasteiger charge is -2.10. The number of hydrogen-bond donors (Lipinski definition) is 0. The van der Waals surface area contributed by atoms with Gasteiger partial charge in [-0.3, -0.25) is 0 Å². The first-order valence-electron chi connectivity index (χ1n) is 5.07.